The maximum absolute atomic E-state index is 11.5. The molecule has 0 saturated carbocycles. The molecular weight excluding hydrogens is 303 g/mol. The Balaban J connectivity index is 2.03. The molecule has 0 atom stereocenters. The number of aromatic amines is 3. The molecule has 0 aliphatic carbocycles. The molecule has 2 aromatic rings. The van der Waals surface area contributed by atoms with Crippen LogP contribution in [0, 0.1) is 0 Å². The van der Waals surface area contributed by atoms with Crippen molar-refractivity contribution >= 4 is 24.8 Å². The molecule has 11 heteroatoms. The Morgan fingerprint density at radius 1 is 1.19 bits per heavy atom. The van der Waals surface area contributed by atoms with Gasteiger partial charge in [0, 0.05) is 18.3 Å². The highest BCUT2D eigenvalue weighted by molar-refractivity contribution is 7.59. The molecule has 0 fully saturated rings. The quantitative estimate of drug-likeness (QED) is 0.300. The SMILES string of the molecule is O=C(CNCc1c[nH]c2c(=O)[nH]c(=O)[nH]c12)C[P+](O)(O)O. The van der Waals surface area contributed by atoms with E-state index >= 15 is 0 Å². The number of rotatable bonds is 6. The number of Topliss-reactive ketones (excluding diaryl/α,β-unsaturated/α-hetero) is 1. The van der Waals surface area contributed by atoms with E-state index < -0.39 is 31.1 Å². The first-order valence-corrected chi connectivity index (χ1v) is 7.71. The standard InChI is InChI=1S/C10H13N4O6P/c15-6(4-21(18,19)20)3-11-1-5-2-12-8-7(5)13-10(17)14-9(8)16/h2,11,18-20H,1,3-4H2,(H2-,12,13,14,16,17)/p+1. The first-order valence-electron chi connectivity index (χ1n) is 5.87. The second-order valence-electron chi connectivity index (χ2n) is 4.47. The van der Waals surface area contributed by atoms with Gasteiger partial charge in [-0.1, -0.05) is 0 Å². The third-order valence-corrected chi connectivity index (χ3v) is 3.46. The fraction of sp³-hybridized carbons (Fsp3) is 0.300. The van der Waals surface area contributed by atoms with E-state index in [9.17, 15) is 14.4 Å². The van der Waals surface area contributed by atoms with Crippen LogP contribution in [0.25, 0.3) is 11.0 Å². The minimum atomic E-state index is -4.11. The molecular formula is C10H14N4O6P+. The maximum atomic E-state index is 11.5. The number of carbonyl (C=O) groups is 1. The van der Waals surface area contributed by atoms with Gasteiger partial charge in [-0.15, -0.1) is 0 Å². The van der Waals surface area contributed by atoms with E-state index in [1.54, 1.807) is 0 Å². The number of carbonyl (C=O) groups excluding carboxylic acids is 1. The zero-order valence-corrected chi connectivity index (χ0v) is 11.6. The van der Waals surface area contributed by atoms with E-state index in [1.807, 2.05) is 0 Å². The molecule has 21 heavy (non-hydrogen) atoms. The summed E-state index contributed by atoms with van der Waals surface area (Å²) >= 11 is 0. The van der Waals surface area contributed by atoms with Crippen LogP contribution >= 0.6 is 7.94 Å². The molecule has 0 bridgehead atoms. The smallest absolute Gasteiger partial charge is 0.355 e. The molecule has 0 aliphatic rings. The Morgan fingerprint density at radius 2 is 1.90 bits per heavy atom. The van der Waals surface area contributed by atoms with Crippen molar-refractivity contribution in [1.82, 2.24) is 20.3 Å². The van der Waals surface area contributed by atoms with E-state index in [-0.39, 0.29) is 18.6 Å². The highest BCUT2D eigenvalue weighted by Gasteiger charge is 2.33. The van der Waals surface area contributed by atoms with E-state index in [0.29, 0.717) is 11.1 Å². The second kappa shape index (κ2) is 5.88. The van der Waals surface area contributed by atoms with Gasteiger partial charge in [0.15, 0.2) is 11.9 Å². The maximum Gasteiger partial charge on any atom is 0.411 e. The molecule has 0 amide bonds. The van der Waals surface area contributed by atoms with Crippen LogP contribution < -0.4 is 16.6 Å². The van der Waals surface area contributed by atoms with Gasteiger partial charge in [-0.2, -0.15) is 14.7 Å². The van der Waals surface area contributed by atoms with Crippen molar-refractivity contribution in [3.63, 3.8) is 0 Å². The van der Waals surface area contributed by atoms with Gasteiger partial charge >= 0.3 is 13.6 Å². The van der Waals surface area contributed by atoms with Crippen molar-refractivity contribution in [3.8, 4) is 0 Å². The van der Waals surface area contributed by atoms with Crippen molar-refractivity contribution in [2.24, 2.45) is 0 Å². The lowest BCUT2D eigenvalue weighted by atomic mass is 10.3. The second-order valence-corrected chi connectivity index (χ2v) is 6.17. The number of hydrogen-bond donors (Lipinski definition) is 7. The summed E-state index contributed by atoms with van der Waals surface area (Å²) in [7, 11) is -4.11. The number of fused-ring (bicyclic) bond motifs is 1. The topological polar surface area (TPSA) is 171 Å². The molecule has 2 heterocycles. The van der Waals surface area contributed by atoms with Crippen molar-refractivity contribution in [1.29, 1.82) is 0 Å². The van der Waals surface area contributed by atoms with Gasteiger partial charge < -0.3 is 15.3 Å². The van der Waals surface area contributed by atoms with Crippen LogP contribution in [0.4, 0.5) is 0 Å². The third kappa shape index (κ3) is 4.06. The number of H-pyrrole nitrogens is 3. The van der Waals surface area contributed by atoms with E-state index in [4.69, 9.17) is 14.7 Å². The van der Waals surface area contributed by atoms with Crippen LogP contribution in [0.1, 0.15) is 5.56 Å². The molecule has 2 aromatic heterocycles. The Bertz CT molecular complexity index is 770. The molecule has 0 aromatic carbocycles. The van der Waals surface area contributed by atoms with Gasteiger partial charge in [0.2, 0.25) is 0 Å². The van der Waals surface area contributed by atoms with Gasteiger partial charge in [0.05, 0.1) is 12.1 Å². The first-order chi connectivity index (χ1) is 9.76. The molecule has 0 unspecified atom stereocenters. The van der Waals surface area contributed by atoms with Crippen LogP contribution in [-0.2, 0) is 11.3 Å². The molecule has 10 nitrogen and oxygen atoms in total. The van der Waals surface area contributed by atoms with Crippen LogP contribution in [0.3, 0.4) is 0 Å². The summed E-state index contributed by atoms with van der Waals surface area (Å²) in [4.78, 5) is 67.6. The van der Waals surface area contributed by atoms with Crippen molar-refractivity contribution < 1.29 is 19.5 Å². The Labute approximate surface area is 117 Å². The predicted molar refractivity (Wildman–Crippen MR) is 74.7 cm³/mol. The van der Waals surface area contributed by atoms with Gasteiger partial charge in [0.1, 0.15) is 5.52 Å². The minimum Gasteiger partial charge on any atom is -0.355 e. The first kappa shape index (κ1) is 15.5. The van der Waals surface area contributed by atoms with E-state index in [1.165, 1.54) is 6.20 Å². The molecule has 7 N–H and O–H groups in total. The van der Waals surface area contributed by atoms with E-state index in [0.717, 1.165) is 0 Å². The zero-order valence-electron chi connectivity index (χ0n) is 10.7. The average molecular weight is 317 g/mol. The highest BCUT2D eigenvalue weighted by Crippen LogP contribution is 2.43. The van der Waals surface area contributed by atoms with Gasteiger partial charge in [-0.05, 0) is 0 Å². The van der Waals surface area contributed by atoms with Crippen molar-refractivity contribution in [3.05, 3.63) is 32.6 Å². The predicted octanol–water partition coefficient (Wildman–Crippen LogP) is -2.06. The summed E-state index contributed by atoms with van der Waals surface area (Å²) in [6.07, 6.45) is 0.791. The lowest BCUT2D eigenvalue weighted by molar-refractivity contribution is -0.116. The Hall–Kier alpha value is -1.84. The largest absolute Gasteiger partial charge is 0.411 e. The summed E-state index contributed by atoms with van der Waals surface area (Å²) < 4.78 is 0. The molecule has 0 radical (unpaired) electrons. The van der Waals surface area contributed by atoms with Gasteiger partial charge in [-0.3, -0.25) is 14.6 Å². The molecule has 2 rings (SSSR count). The zero-order chi connectivity index (χ0) is 15.6. The molecule has 0 aliphatic heterocycles. The summed E-state index contributed by atoms with van der Waals surface area (Å²) in [6, 6.07) is 0. The number of nitrogens with one attached hydrogen (secondary N) is 4. The lowest BCUT2D eigenvalue weighted by Crippen LogP contribution is -2.26. The normalized spacial score (nSPS) is 12.0. The Kier molecular flexibility index (Phi) is 4.35. The summed E-state index contributed by atoms with van der Waals surface area (Å²) in [5.41, 5.74) is -0.0776. The van der Waals surface area contributed by atoms with Crippen LogP contribution in [0.15, 0.2) is 15.8 Å². The van der Waals surface area contributed by atoms with Gasteiger partial charge in [-0.25, -0.2) is 4.79 Å². The van der Waals surface area contributed by atoms with Crippen molar-refractivity contribution in [2.45, 2.75) is 6.54 Å². The van der Waals surface area contributed by atoms with Gasteiger partial charge in [0.25, 0.3) is 5.56 Å². The van der Waals surface area contributed by atoms with Crippen LogP contribution in [-0.4, -0.2) is 48.1 Å². The van der Waals surface area contributed by atoms with Crippen LogP contribution in [0.2, 0.25) is 0 Å². The van der Waals surface area contributed by atoms with E-state index in [2.05, 4.69) is 20.3 Å². The minimum absolute atomic E-state index is 0.166. The third-order valence-electron chi connectivity index (χ3n) is 2.68. The lowest BCUT2D eigenvalue weighted by Gasteiger charge is -2.04. The number of hydrogen-bond acceptors (Lipinski definition) is 7. The molecule has 0 spiro atoms. The fourth-order valence-electron chi connectivity index (χ4n) is 1.86. The molecule has 0 saturated heterocycles. The average Bonchev–Trinajstić information content (AvgIpc) is 2.70. The highest BCUT2D eigenvalue weighted by atomic mass is 31.2. The summed E-state index contributed by atoms with van der Waals surface area (Å²) in [6.45, 7) is -0.0254. The number of ketones is 1. The number of aromatic nitrogens is 3. The molecule has 114 valence electrons. The Morgan fingerprint density at radius 3 is 2.57 bits per heavy atom. The summed E-state index contributed by atoms with van der Waals surface area (Å²) in [5.74, 6) is -0.568. The van der Waals surface area contributed by atoms with Crippen LogP contribution in [0.5, 0.6) is 0 Å². The van der Waals surface area contributed by atoms with Crippen molar-refractivity contribution in [2.75, 3.05) is 12.7 Å². The summed E-state index contributed by atoms with van der Waals surface area (Å²) in [5, 5.41) is 2.72. The monoisotopic (exact) mass is 317 g/mol. The fourth-order valence-corrected chi connectivity index (χ4v) is 2.45.